The second-order valence-electron chi connectivity index (χ2n) is 22.7. The van der Waals surface area contributed by atoms with Gasteiger partial charge in [-0.3, -0.25) is 14.4 Å². The lowest BCUT2D eigenvalue weighted by Gasteiger charge is -2.18. The Hall–Kier alpha value is -2.89. The van der Waals surface area contributed by atoms with Gasteiger partial charge < -0.3 is 14.2 Å². The lowest BCUT2D eigenvalue weighted by molar-refractivity contribution is -0.167. The van der Waals surface area contributed by atoms with Crippen LogP contribution in [0.3, 0.4) is 0 Å². The van der Waals surface area contributed by atoms with Crippen molar-refractivity contribution < 1.29 is 28.6 Å². The largest absolute Gasteiger partial charge is 0.462 e. The molecular weight excluding hydrogens is 949 g/mol. The quantitative estimate of drug-likeness (QED) is 0.0261. The highest BCUT2D eigenvalue weighted by Gasteiger charge is 2.19. The average Bonchev–Trinajstić information content (AvgIpc) is 3.43. The molecular formula is C71H128O6. The van der Waals surface area contributed by atoms with E-state index >= 15 is 0 Å². The van der Waals surface area contributed by atoms with Gasteiger partial charge in [0.1, 0.15) is 13.2 Å². The van der Waals surface area contributed by atoms with Crippen LogP contribution in [0.5, 0.6) is 0 Å². The minimum atomic E-state index is -0.786. The normalized spacial score (nSPS) is 12.4. The zero-order valence-corrected chi connectivity index (χ0v) is 51.5. The van der Waals surface area contributed by atoms with Crippen LogP contribution in [0.4, 0.5) is 0 Å². The summed E-state index contributed by atoms with van der Waals surface area (Å²) < 4.78 is 17.0. The van der Waals surface area contributed by atoms with E-state index in [0.29, 0.717) is 19.3 Å². The SMILES string of the molecule is CC/C=C\C/C=C\C/C=C\C/C=C\C/C=C\CCCCCC(=O)OC[C@H](COC(=O)CCCCCCCCCCCCCCCCCCCCCCC)OC(=O)CCCCCCCCCCCCCCCCCCCCC. The van der Waals surface area contributed by atoms with E-state index in [2.05, 4.69) is 81.5 Å². The fraction of sp³-hybridized carbons (Fsp3) is 0.817. The predicted molar refractivity (Wildman–Crippen MR) is 335 cm³/mol. The summed E-state index contributed by atoms with van der Waals surface area (Å²) in [6, 6.07) is 0. The molecule has 0 aliphatic rings. The number of carbonyl (C=O) groups is 3. The Morgan fingerprint density at radius 3 is 0.792 bits per heavy atom. The van der Waals surface area contributed by atoms with E-state index in [0.717, 1.165) is 96.3 Å². The molecule has 0 aromatic rings. The van der Waals surface area contributed by atoms with Gasteiger partial charge in [-0.2, -0.15) is 0 Å². The van der Waals surface area contributed by atoms with Crippen LogP contribution in [-0.4, -0.2) is 37.2 Å². The van der Waals surface area contributed by atoms with Crippen molar-refractivity contribution in [2.45, 2.75) is 361 Å². The van der Waals surface area contributed by atoms with Crippen molar-refractivity contribution in [2.24, 2.45) is 0 Å². The molecule has 0 heterocycles. The van der Waals surface area contributed by atoms with E-state index in [1.54, 1.807) is 0 Å². The smallest absolute Gasteiger partial charge is 0.306 e. The van der Waals surface area contributed by atoms with Gasteiger partial charge in [-0.15, -0.1) is 0 Å². The van der Waals surface area contributed by atoms with Gasteiger partial charge in [0.2, 0.25) is 0 Å². The van der Waals surface area contributed by atoms with Crippen LogP contribution in [0, 0.1) is 0 Å². The molecule has 0 aliphatic heterocycles. The van der Waals surface area contributed by atoms with Crippen molar-refractivity contribution in [3.05, 3.63) is 60.8 Å². The van der Waals surface area contributed by atoms with Gasteiger partial charge >= 0.3 is 17.9 Å². The van der Waals surface area contributed by atoms with Gasteiger partial charge in [0.15, 0.2) is 6.10 Å². The van der Waals surface area contributed by atoms with Crippen molar-refractivity contribution in [2.75, 3.05) is 13.2 Å². The summed E-state index contributed by atoms with van der Waals surface area (Å²) in [7, 11) is 0. The van der Waals surface area contributed by atoms with E-state index in [1.807, 2.05) is 0 Å². The Labute approximate surface area is 479 Å². The standard InChI is InChI=1S/C71H128O6/c1-4-7-10-13-16-19-22-25-28-31-34-35-38-40-43-46-49-52-55-58-61-64-70(73)76-67-68(77-71(74)65-62-59-56-53-50-47-44-41-37-33-30-27-24-21-18-15-12-9-6-3)66-75-69(72)63-60-57-54-51-48-45-42-39-36-32-29-26-23-20-17-14-11-8-5-2/h8,11,17,20,26,29,36,39,45,48,68H,4-7,9-10,12-16,18-19,21-25,27-28,30-35,37-38,40-44,46-47,49-67H2,1-3H3/b11-8-,20-17-,29-26-,39-36-,48-45-/t68-/m1/s1. The Morgan fingerprint density at radius 1 is 0.273 bits per heavy atom. The summed E-state index contributed by atoms with van der Waals surface area (Å²) in [5, 5.41) is 0. The van der Waals surface area contributed by atoms with Gasteiger partial charge in [0.05, 0.1) is 0 Å². The Balaban J connectivity index is 4.37. The third-order valence-corrected chi connectivity index (χ3v) is 15.0. The van der Waals surface area contributed by atoms with Crippen molar-refractivity contribution in [1.82, 2.24) is 0 Å². The minimum absolute atomic E-state index is 0.0798. The van der Waals surface area contributed by atoms with Crippen LogP contribution in [0.15, 0.2) is 60.8 Å². The number of allylic oxidation sites excluding steroid dienone is 10. The molecule has 6 heteroatoms. The summed E-state index contributed by atoms with van der Waals surface area (Å²) in [4.78, 5) is 38.4. The van der Waals surface area contributed by atoms with E-state index in [-0.39, 0.29) is 31.1 Å². The topological polar surface area (TPSA) is 78.9 Å². The highest BCUT2D eigenvalue weighted by atomic mass is 16.6. The summed E-state index contributed by atoms with van der Waals surface area (Å²) >= 11 is 0. The number of hydrogen-bond acceptors (Lipinski definition) is 6. The molecule has 0 spiro atoms. The molecule has 0 aliphatic carbocycles. The lowest BCUT2D eigenvalue weighted by Crippen LogP contribution is -2.30. The molecule has 1 atom stereocenters. The molecule has 6 nitrogen and oxygen atoms in total. The van der Waals surface area contributed by atoms with E-state index in [4.69, 9.17) is 14.2 Å². The maximum absolute atomic E-state index is 12.9. The molecule has 0 amide bonds. The predicted octanol–water partition coefficient (Wildman–Crippen LogP) is 23.1. The molecule has 0 unspecified atom stereocenters. The van der Waals surface area contributed by atoms with Crippen molar-refractivity contribution in [3.63, 3.8) is 0 Å². The van der Waals surface area contributed by atoms with Crippen molar-refractivity contribution in [1.29, 1.82) is 0 Å². The van der Waals surface area contributed by atoms with Crippen LogP contribution in [-0.2, 0) is 28.6 Å². The van der Waals surface area contributed by atoms with Crippen LogP contribution in [0.1, 0.15) is 355 Å². The van der Waals surface area contributed by atoms with Crippen LogP contribution in [0.25, 0.3) is 0 Å². The maximum Gasteiger partial charge on any atom is 0.306 e. The molecule has 0 aromatic carbocycles. The van der Waals surface area contributed by atoms with Crippen LogP contribution >= 0.6 is 0 Å². The fourth-order valence-electron chi connectivity index (χ4n) is 10.0. The second kappa shape index (κ2) is 65.6. The summed E-state index contributed by atoms with van der Waals surface area (Å²) in [6.45, 7) is 6.57. The van der Waals surface area contributed by atoms with Crippen molar-refractivity contribution in [3.8, 4) is 0 Å². The highest BCUT2D eigenvalue weighted by molar-refractivity contribution is 5.71. The van der Waals surface area contributed by atoms with E-state index in [1.165, 1.54) is 218 Å². The monoisotopic (exact) mass is 1080 g/mol. The van der Waals surface area contributed by atoms with Crippen LogP contribution < -0.4 is 0 Å². The number of hydrogen-bond donors (Lipinski definition) is 0. The third kappa shape index (κ3) is 63.8. The Kier molecular flexibility index (Phi) is 63.2. The summed E-state index contributed by atoms with van der Waals surface area (Å²) in [6.07, 6.45) is 83.8. The highest BCUT2D eigenvalue weighted by Crippen LogP contribution is 2.18. The van der Waals surface area contributed by atoms with Crippen molar-refractivity contribution >= 4 is 17.9 Å². The van der Waals surface area contributed by atoms with Gasteiger partial charge in [0.25, 0.3) is 0 Å². The molecule has 77 heavy (non-hydrogen) atoms. The lowest BCUT2D eigenvalue weighted by atomic mass is 10.0. The Bertz CT molecular complexity index is 1380. The third-order valence-electron chi connectivity index (χ3n) is 15.0. The average molecular weight is 1080 g/mol. The minimum Gasteiger partial charge on any atom is -0.462 e. The van der Waals surface area contributed by atoms with Gasteiger partial charge in [-0.1, -0.05) is 332 Å². The number of ether oxygens (including phenoxy) is 3. The first-order chi connectivity index (χ1) is 38.0. The summed E-state index contributed by atoms with van der Waals surface area (Å²) in [5.41, 5.74) is 0. The van der Waals surface area contributed by atoms with Gasteiger partial charge in [-0.05, 0) is 64.2 Å². The molecule has 0 N–H and O–H groups in total. The molecule has 0 saturated heterocycles. The second-order valence-corrected chi connectivity index (χ2v) is 22.7. The molecule has 0 bridgehead atoms. The molecule has 0 fully saturated rings. The van der Waals surface area contributed by atoms with E-state index < -0.39 is 6.10 Å². The first kappa shape index (κ1) is 74.1. The van der Waals surface area contributed by atoms with E-state index in [9.17, 15) is 14.4 Å². The first-order valence-corrected chi connectivity index (χ1v) is 33.8. The molecule has 0 saturated carbocycles. The zero-order valence-electron chi connectivity index (χ0n) is 51.5. The Morgan fingerprint density at radius 2 is 0.506 bits per heavy atom. The molecule has 0 aromatic heterocycles. The summed E-state index contributed by atoms with van der Waals surface area (Å²) in [5.74, 6) is -0.888. The fourth-order valence-corrected chi connectivity index (χ4v) is 10.0. The number of esters is 3. The van der Waals surface area contributed by atoms with Crippen LogP contribution in [0.2, 0.25) is 0 Å². The van der Waals surface area contributed by atoms with Gasteiger partial charge in [-0.25, -0.2) is 0 Å². The number of rotatable bonds is 62. The maximum atomic E-state index is 12.9. The molecule has 0 rings (SSSR count). The van der Waals surface area contributed by atoms with Gasteiger partial charge in [0, 0.05) is 19.3 Å². The molecule has 448 valence electrons. The number of carbonyl (C=O) groups excluding carboxylic acids is 3. The first-order valence-electron chi connectivity index (χ1n) is 33.8. The molecule has 0 radical (unpaired) electrons. The number of unbranched alkanes of at least 4 members (excludes halogenated alkanes) is 41. The zero-order chi connectivity index (χ0) is 55.7.